The molecule has 4 aromatic carbocycles. The van der Waals surface area contributed by atoms with E-state index in [0.717, 1.165) is 11.8 Å². The highest BCUT2D eigenvalue weighted by Crippen LogP contribution is 2.54. The zero-order chi connectivity index (χ0) is 53.6. The quantitative estimate of drug-likeness (QED) is 0.0244. The van der Waals surface area contributed by atoms with Crippen molar-refractivity contribution < 1.29 is 80.4 Å². The molecule has 1 atom stereocenters. The molecule has 0 aliphatic carbocycles. The van der Waals surface area contributed by atoms with Gasteiger partial charge in [0.2, 0.25) is 5.69 Å². The second-order valence-corrected chi connectivity index (χ2v) is 24.0. The van der Waals surface area contributed by atoms with Gasteiger partial charge in [0.05, 0.1) is 15.2 Å². The van der Waals surface area contributed by atoms with Crippen molar-refractivity contribution in [2.75, 3.05) is 31.7 Å². The summed E-state index contributed by atoms with van der Waals surface area (Å²) < 4.78 is 148. The molecule has 0 aromatic heterocycles. The Hall–Kier alpha value is -5.96. The molecule has 20 nitrogen and oxygen atoms in total. The number of nitrogens with zero attached hydrogens (tertiary/aromatic N) is 3. The maximum Gasteiger partial charge on any atom is 0.333 e. The van der Waals surface area contributed by atoms with Crippen LogP contribution in [0.4, 0.5) is 11.4 Å². The number of allylic oxidation sites excluding steroid dienone is 8. The van der Waals surface area contributed by atoms with Crippen LogP contribution in [0.1, 0.15) is 83.8 Å². The molecule has 1 saturated heterocycles. The van der Waals surface area contributed by atoms with E-state index in [9.17, 15) is 66.3 Å². The average molecular weight is 1090 g/mol. The molecule has 4 N–H and O–H groups in total. The SMILES string of the molecule is CC[N+]1=C(/C=C/C=C/C=C/C=C2/N(CCCCCC(=O)ON3C(=O)CCC3=O)c3ccc4c(S(=O)(=O)O)cc(S(=O)(=O)O)cc4c3C2(C)CCOC)C(C)(C)c2c1ccc1c(S(=O)(=O)O)cc(S(=O)(=O)O)cc21. The van der Waals surface area contributed by atoms with Gasteiger partial charge in [-0.3, -0.25) is 27.8 Å². The summed E-state index contributed by atoms with van der Waals surface area (Å²) in [6.07, 6.45) is 13.9. The largest absolute Gasteiger partial charge is 0.385 e. The van der Waals surface area contributed by atoms with Crippen molar-refractivity contribution in [2.24, 2.45) is 0 Å². The van der Waals surface area contributed by atoms with E-state index in [-0.39, 0.29) is 53.8 Å². The van der Waals surface area contributed by atoms with Crippen LogP contribution >= 0.6 is 0 Å². The molecule has 0 radical (unpaired) electrons. The standard InChI is InChI=1S/C49H53N3O17S4/c1-6-50-37-20-18-33-35(27-31(70(56,57)58)29-39(33)72(62,63)64)46(37)48(2,3)41(50)15-11-8-7-9-12-16-42-49(4,24-26-68-5)47-36-28-32(71(59,60)61)30-40(73(65,66)67)34(36)19-21-38(47)51(42)25-14-10-13-17-45(55)69-52-43(53)22-23-44(52)54/h7-9,11-12,15-16,18-21,27-30H,6,10,13-14,17,22-26H2,1-5H3,(H3-,56,57,58,59,60,61,62,63,64,65,66,67)/p+1. The summed E-state index contributed by atoms with van der Waals surface area (Å²) >= 11 is 0. The average Bonchev–Trinajstić information content (AvgIpc) is 3.83. The normalized spacial score (nSPS) is 19.1. The second kappa shape index (κ2) is 20.4. The molecular weight excluding hydrogens is 1030 g/mol. The van der Waals surface area contributed by atoms with Gasteiger partial charge in [0.1, 0.15) is 16.3 Å². The van der Waals surface area contributed by atoms with Crippen LogP contribution in [-0.2, 0) is 75.3 Å². The Kier molecular flexibility index (Phi) is 15.3. The van der Waals surface area contributed by atoms with Crippen molar-refractivity contribution in [3.8, 4) is 0 Å². The van der Waals surface area contributed by atoms with Crippen LogP contribution in [-0.4, -0.2) is 112 Å². The first-order chi connectivity index (χ1) is 34.0. The summed E-state index contributed by atoms with van der Waals surface area (Å²) in [5.41, 5.74) is 1.86. The van der Waals surface area contributed by atoms with Crippen molar-refractivity contribution in [3.05, 3.63) is 108 Å². The van der Waals surface area contributed by atoms with Gasteiger partial charge in [0.15, 0.2) is 5.71 Å². The van der Waals surface area contributed by atoms with Gasteiger partial charge in [0, 0.05) is 84.8 Å². The molecule has 0 saturated carbocycles. The fraction of sp³-hybridized carbons (Fsp3) is 0.347. The molecule has 24 heteroatoms. The van der Waals surface area contributed by atoms with Gasteiger partial charge in [-0.25, -0.2) is 4.79 Å². The van der Waals surface area contributed by atoms with E-state index in [1.54, 1.807) is 42.5 Å². The Balaban J connectivity index is 1.23. The molecule has 0 bridgehead atoms. The van der Waals surface area contributed by atoms with Crippen molar-refractivity contribution in [3.63, 3.8) is 0 Å². The predicted molar refractivity (Wildman–Crippen MR) is 268 cm³/mol. The first-order valence-electron chi connectivity index (χ1n) is 22.9. The van der Waals surface area contributed by atoms with Gasteiger partial charge in [0.25, 0.3) is 52.3 Å². The Labute approximate surface area is 422 Å². The van der Waals surface area contributed by atoms with Crippen LogP contribution in [0.15, 0.2) is 116 Å². The molecule has 4 aromatic rings. The third-order valence-corrected chi connectivity index (χ3v) is 16.8. The number of carbonyl (C=O) groups is 3. The Morgan fingerprint density at radius 2 is 1.25 bits per heavy atom. The van der Waals surface area contributed by atoms with E-state index < -0.39 is 88.7 Å². The lowest BCUT2D eigenvalue weighted by atomic mass is 9.76. The molecule has 3 aliphatic rings. The minimum atomic E-state index is -5.02. The molecule has 3 heterocycles. The molecule has 390 valence electrons. The summed E-state index contributed by atoms with van der Waals surface area (Å²) in [4.78, 5) is 40.6. The van der Waals surface area contributed by atoms with Gasteiger partial charge in [-0.15, -0.1) is 5.06 Å². The first kappa shape index (κ1) is 54.8. The summed E-state index contributed by atoms with van der Waals surface area (Å²) in [6, 6.07) is 10.0. The number of hydrogen-bond acceptors (Lipinski definition) is 14. The topological polar surface area (TPSA) is 297 Å². The molecule has 7 rings (SSSR count). The van der Waals surface area contributed by atoms with Crippen LogP contribution in [0.3, 0.4) is 0 Å². The van der Waals surface area contributed by atoms with E-state index in [1.807, 2.05) is 49.3 Å². The van der Waals surface area contributed by atoms with Gasteiger partial charge in [-0.1, -0.05) is 42.9 Å². The minimum absolute atomic E-state index is 0.00386. The Bertz CT molecular complexity index is 3600. The lowest BCUT2D eigenvalue weighted by Gasteiger charge is -2.30. The molecule has 0 spiro atoms. The smallest absolute Gasteiger partial charge is 0.333 e. The Morgan fingerprint density at radius 1 is 0.699 bits per heavy atom. The maximum absolute atomic E-state index is 12.7. The molecule has 3 aliphatic heterocycles. The minimum Gasteiger partial charge on any atom is -0.385 e. The highest BCUT2D eigenvalue weighted by molar-refractivity contribution is 7.87. The fourth-order valence-corrected chi connectivity index (χ4v) is 12.7. The van der Waals surface area contributed by atoms with E-state index in [0.29, 0.717) is 77.7 Å². The number of carbonyl (C=O) groups excluding carboxylic acids is 3. The third kappa shape index (κ3) is 10.8. The number of hydrogen-bond donors (Lipinski definition) is 4. The van der Waals surface area contributed by atoms with Crippen molar-refractivity contribution >= 4 is 96.9 Å². The van der Waals surface area contributed by atoms with Gasteiger partial charge in [-0.05, 0) is 106 Å². The van der Waals surface area contributed by atoms with Gasteiger partial charge >= 0.3 is 5.97 Å². The molecule has 73 heavy (non-hydrogen) atoms. The number of unbranched alkanes of at least 4 members (excludes halogenated alkanes) is 2. The van der Waals surface area contributed by atoms with Crippen LogP contribution in [0.2, 0.25) is 0 Å². The van der Waals surface area contributed by atoms with Gasteiger partial charge in [-0.2, -0.15) is 38.2 Å². The number of amides is 2. The molecular formula is C49H54N3O17S4+. The lowest BCUT2D eigenvalue weighted by Crippen LogP contribution is -2.32. The molecule has 1 unspecified atom stereocenters. The highest BCUT2D eigenvalue weighted by atomic mass is 32.2. The van der Waals surface area contributed by atoms with E-state index in [2.05, 4.69) is 0 Å². The molecule has 2 amide bonds. The van der Waals surface area contributed by atoms with Crippen LogP contribution in [0.25, 0.3) is 21.5 Å². The van der Waals surface area contributed by atoms with Crippen LogP contribution < -0.4 is 4.90 Å². The summed E-state index contributed by atoms with van der Waals surface area (Å²) in [7, 11) is -18.3. The van der Waals surface area contributed by atoms with Crippen molar-refractivity contribution in [2.45, 2.75) is 103 Å². The summed E-state index contributed by atoms with van der Waals surface area (Å²) in [5, 5.41) is 0.904. The third-order valence-electron chi connectivity index (χ3n) is 13.3. The van der Waals surface area contributed by atoms with E-state index in [1.165, 1.54) is 25.3 Å². The van der Waals surface area contributed by atoms with E-state index in [4.69, 9.17) is 9.57 Å². The number of rotatable bonds is 19. The number of imide groups is 1. The number of fused-ring (bicyclic) bond motifs is 6. The fourth-order valence-electron chi connectivity index (χ4n) is 10.0. The Morgan fingerprint density at radius 3 is 1.79 bits per heavy atom. The zero-order valence-electron chi connectivity index (χ0n) is 40.3. The second-order valence-electron chi connectivity index (χ2n) is 18.4. The van der Waals surface area contributed by atoms with Crippen LogP contribution in [0.5, 0.6) is 0 Å². The number of methoxy groups -OCH3 is 1. The maximum atomic E-state index is 12.7. The highest BCUT2D eigenvalue weighted by Gasteiger charge is 2.47. The predicted octanol–water partition coefficient (Wildman–Crippen LogP) is 6.91. The van der Waals surface area contributed by atoms with Gasteiger partial charge < -0.3 is 14.5 Å². The first-order valence-corrected chi connectivity index (χ1v) is 28.6. The molecule has 1 fully saturated rings. The lowest BCUT2D eigenvalue weighted by molar-refractivity contribution is -0.433. The number of ether oxygens (including phenoxy) is 1. The summed E-state index contributed by atoms with van der Waals surface area (Å²) in [5.74, 6) is -1.93. The monoisotopic (exact) mass is 1080 g/mol. The van der Waals surface area contributed by atoms with Crippen molar-refractivity contribution in [1.29, 1.82) is 0 Å². The summed E-state index contributed by atoms with van der Waals surface area (Å²) in [6.45, 7) is 8.51. The number of anilines is 1. The van der Waals surface area contributed by atoms with Crippen LogP contribution in [0, 0.1) is 0 Å². The van der Waals surface area contributed by atoms with Crippen molar-refractivity contribution in [1.82, 2.24) is 5.06 Å². The van der Waals surface area contributed by atoms with E-state index >= 15 is 0 Å². The number of hydroxylamine groups is 2. The number of benzene rings is 4. The zero-order valence-corrected chi connectivity index (χ0v) is 43.6.